The smallest absolute Gasteiger partial charge is 0 e. The number of aryl methyl sites for hydroxylation is 1. The fraction of sp³-hybridized carbons (Fsp3) is 0.217. The van der Waals surface area contributed by atoms with Crippen LogP contribution in [0.3, 0.4) is 0 Å². The fourth-order valence-electron chi connectivity index (χ4n) is 2.65. The van der Waals surface area contributed by atoms with E-state index < -0.39 is 0 Å². The molecule has 0 bridgehead atoms. The van der Waals surface area contributed by atoms with Crippen LogP contribution in [0.5, 0.6) is 0 Å². The van der Waals surface area contributed by atoms with E-state index in [0.717, 1.165) is 12.8 Å². The third-order valence-electron chi connectivity index (χ3n) is 3.81. The third-order valence-corrected chi connectivity index (χ3v) is 3.81. The van der Waals surface area contributed by atoms with Gasteiger partial charge in [0.05, 0.1) is 0 Å². The molecular formula is C23H26NPd-. The van der Waals surface area contributed by atoms with Crippen LogP contribution in [0.1, 0.15) is 24.5 Å². The van der Waals surface area contributed by atoms with E-state index in [0.29, 0.717) is 6.54 Å². The molecular weight excluding hydrogens is 397 g/mol. The van der Waals surface area contributed by atoms with Gasteiger partial charge in [-0.15, -0.1) is 0 Å². The number of benzene rings is 3. The SMILES string of the molecule is CCCc1ccccc1-c1ccccc1.NCCc1[c-]cccc1.[Pd]. The number of rotatable bonds is 5. The summed E-state index contributed by atoms with van der Waals surface area (Å²) in [7, 11) is 0. The first-order valence-corrected chi connectivity index (χ1v) is 8.64. The summed E-state index contributed by atoms with van der Waals surface area (Å²) in [5, 5.41) is 0. The van der Waals surface area contributed by atoms with Gasteiger partial charge in [0.25, 0.3) is 0 Å². The fourth-order valence-corrected chi connectivity index (χ4v) is 2.65. The van der Waals surface area contributed by atoms with Gasteiger partial charge in [-0.05, 0) is 36.1 Å². The molecule has 1 nitrogen and oxygen atoms in total. The molecule has 0 fully saturated rings. The van der Waals surface area contributed by atoms with Crippen LogP contribution in [0.25, 0.3) is 11.1 Å². The molecule has 0 unspecified atom stereocenters. The first-order chi connectivity index (χ1) is 11.8. The van der Waals surface area contributed by atoms with Crippen molar-refractivity contribution >= 4 is 0 Å². The molecule has 0 aliphatic rings. The molecule has 3 aromatic rings. The van der Waals surface area contributed by atoms with Crippen molar-refractivity contribution in [3.05, 3.63) is 96.1 Å². The minimum Gasteiger partial charge on any atom is -0.330 e. The van der Waals surface area contributed by atoms with Crippen molar-refractivity contribution in [2.45, 2.75) is 26.2 Å². The summed E-state index contributed by atoms with van der Waals surface area (Å²) in [6, 6.07) is 30.3. The maximum Gasteiger partial charge on any atom is 0 e. The summed E-state index contributed by atoms with van der Waals surface area (Å²) in [5.41, 5.74) is 10.7. The molecule has 0 spiro atoms. The topological polar surface area (TPSA) is 26.0 Å². The van der Waals surface area contributed by atoms with Gasteiger partial charge in [-0.25, -0.2) is 0 Å². The Hall–Kier alpha value is -1.72. The Kier molecular flexibility index (Phi) is 10.8. The first kappa shape index (κ1) is 21.3. The zero-order chi connectivity index (χ0) is 17.0. The minimum absolute atomic E-state index is 0. The predicted octanol–water partition coefficient (Wildman–Crippen LogP) is 5.29. The van der Waals surface area contributed by atoms with Crippen LogP contribution in [0.15, 0.2) is 78.9 Å². The molecule has 0 aliphatic carbocycles. The summed E-state index contributed by atoms with van der Waals surface area (Å²) >= 11 is 0. The average Bonchev–Trinajstić information content (AvgIpc) is 2.65. The van der Waals surface area contributed by atoms with Gasteiger partial charge in [0.1, 0.15) is 0 Å². The van der Waals surface area contributed by atoms with Crippen LogP contribution in [-0.2, 0) is 33.3 Å². The van der Waals surface area contributed by atoms with E-state index >= 15 is 0 Å². The van der Waals surface area contributed by atoms with Gasteiger partial charge in [0.15, 0.2) is 0 Å². The van der Waals surface area contributed by atoms with Crippen LogP contribution in [-0.4, -0.2) is 6.54 Å². The Morgan fingerprint density at radius 3 is 2.12 bits per heavy atom. The maximum absolute atomic E-state index is 5.34. The van der Waals surface area contributed by atoms with Crippen LogP contribution < -0.4 is 5.73 Å². The van der Waals surface area contributed by atoms with Crippen molar-refractivity contribution in [2.24, 2.45) is 5.73 Å². The molecule has 3 rings (SSSR count). The van der Waals surface area contributed by atoms with Gasteiger partial charge in [-0.1, -0.05) is 67.9 Å². The molecule has 0 aromatic heterocycles. The van der Waals surface area contributed by atoms with Gasteiger partial charge < -0.3 is 5.73 Å². The second-order valence-corrected chi connectivity index (χ2v) is 5.70. The summed E-state index contributed by atoms with van der Waals surface area (Å²) in [6.07, 6.45) is 3.29. The van der Waals surface area contributed by atoms with E-state index in [4.69, 9.17) is 5.73 Å². The van der Waals surface area contributed by atoms with Crippen molar-refractivity contribution in [3.8, 4) is 11.1 Å². The van der Waals surface area contributed by atoms with Crippen LogP contribution in [0, 0.1) is 6.07 Å². The molecule has 2 heteroatoms. The van der Waals surface area contributed by atoms with Crippen LogP contribution in [0.4, 0.5) is 0 Å². The number of hydrogen-bond donors (Lipinski definition) is 1. The zero-order valence-electron chi connectivity index (χ0n) is 14.7. The molecule has 0 heterocycles. The number of hydrogen-bond acceptors (Lipinski definition) is 1. The van der Waals surface area contributed by atoms with Gasteiger partial charge in [0.2, 0.25) is 0 Å². The average molecular weight is 423 g/mol. The Balaban J connectivity index is 0.000000270. The van der Waals surface area contributed by atoms with E-state index in [2.05, 4.69) is 67.6 Å². The Bertz CT molecular complexity index is 696. The van der Waals surface area contributed by atoms with Crippen molar-refractivity contribution in [2.75, 3.05) is 6.54 Å². The quantitative estimate of drug-likeness (QED) is 0.438. The largest absolute Gasteiger partial charge is 0.330 e. The normalized spacial score (nSPS) is 9.52. The van der Waals surface area contributed by atoms with Crippen LogP contribution >= 0.6 is 0 Å². The summed E-state index contributed by atoms with van der Waals surface area (Å²) in [6.45, 7) is 2.93. The van der Waals surface area contributed by atoms with Crippen LogP contribution in [0.2, 0.25) is 0 Å². The molecule has 0 saturated heterocycles. The summed E-state index contributed by atoms with van der Waals surface area (Å²) in [5.74, 6) is 0. The molecule has 134 valence electrons. The maximum atomic E-state index is 5.34. The molecule has 2 N–H and O–H groups in total. The van der Waals surface area contributed by atoms with Crippen molar-refractivity contribution in [3.63, 3.8) is 0 Å². The first-order valence-electron chi connectivity index (χ1n) is 8.64. The van der Waals surface area contributed by atoms with Gasteiger partial charge in [-0.3, -0.25) is 0 Å². The van der Waals surface area contributed by atoms with Gasteiger partial charge in [-0.2, -0.15) is 35.9 Å². The molecule has 25 heavy (non-hydrogen) atoms. The van der Waals surface area contributed by atoms with E-state index in [-0.39, 0.29) is 20.4 Å². The standard InChI is InChI=1S/C15H16.C8H10N.Pd/c1-2-8-13-11-6-7-12-15(13)14-9-4-3-5-10-14;9-7-6-8-4-2-1-3-5-8;/h3-7,9-12H,2,8H2,1H3;1-4H,6-7,9H2;/q;-1;. The van der Waals surface area contributed by atoms with Crippen molar-refractivity contribution in [1.29, 1.82) is 0 Å². The third kappa shape index (κ3) is 7.36. The predicted molar refractivity (Wildman–Crippen MR) is 104 cm³/mol. The Labute approximate surface area is 165 Å². The minimum atomic E-state index is 0. The number of nitrogens with two attached hydrogens (primary N) is 1. The summed E-state index contributed by atoms with van der Waals surface area (Å²) in [4.78, 5) is 0. The van der Waals surface area contributed by atoms with E-state index in [1.54, 1.807) is 0 Å². The second-order valence-electron chi connectivity index (χ2n) is 5.70. The zero-order valence-corrected chi connectivity index (χ0v) is 16.3. The molecule has 3 aromatic carbocycles. The Morgan fingerprint density at radius 2 is 1.48 bits per heavy atom. The molecule has 0 radical (unpaired) electrons. The van der Waals surface area contributed by atoms with E-state index in [1.165, 1.54) is 28.7 Å². The molecule has 0 atom stereocenters. The molecule has 0 amide bonds. The summed E-state index contributed by atoms with van der Waals surface area (Å²) < 4.78 is 0. The van der Waals surface area contributed by atoms with Gasteiger partial charge >= 0.3 is 0 Å². The van der Waals surface area contributed by atoms with Gasteiger partial charge in [0, 0.05) is 20.4 Å². The molecule has 0 saturated carbocycles. The monoisotopic (exact) mass is 422 g/mol. The van der Waals surface area contributed by atoms with Crippen molar-refractivity contribution < 1.29 is 20.4 Å². The van der Waals surface area contributed by atoms with Crippen molar-refractivity contribution in [1.82, 2.24) is 0 Å². The van der Waals surface area contributed by atoms with E-state index in [9.17, 15) is 0 Å². The Morgan fingerprint density at radius 1 is 0.800 bits per heavy atom. The van der Waals surface area contributed by atoms with E-state index in [1.807, 2.05) is 24.3 Å². The second kappa shape index (κ2) is 12.6. The molecule has 0 aliphatic heterocycles.